The maximum Gasteiger partial charge on any atom is 0.277 e. The average Bonchev–Trinajstić information content (AvgIpc) is 2.60. The highest BCUT2D eigenvalue weighted by atomic mass is 16.5. The van der Waals surface area contributed by atoms with E-state index in [1.807, 2.05) is 25.1 Å². The van der Waals surface area contributed by atoms with Crippen LogP contribution in [-0.4, -0.2) is 22.7 Å². The normalized spacial score (nSPS) is 10.5. The molecule has 0 fully saturated rings. The Morgan fingerprint density at radius 2 is 1.48 bits per heavy atom. The Morgan fingerprint density at radius 1 is 0.913 bits per heavy atom. The molecule has 0 aliphatic heterocycles. The SMILES string of the molecule is CCCN(O)C(=O)c1ccc(CCCCc2ccccc2)cc1. The summed E-state index contributed by atoms with van der Waals surface area (Å²) in [6.45, 7) is 2.29. The minimum Gasteiger partial charge on any atom is -0.286 e. The van der Waals surface area contributed by atoms with Crippen LogP contribution in [0.1, 0.15) is 47.7 Å². The first-order valence-electron chi connectivity index (χ1n) is 8.34. The average molecular weight is 311 g/mol. The van der Waals surface area contributed by atoms with Gasteiger partial charge in [0.25, 0.3) is 5.91 Å². The Labute approximate surface area is 138 Å². The van der Waals surface area contributed by atoms with Gasteiger partial charge in [-0.3, -0.25) is 10.0 Å². The molecule has 122 valence electrons. The fourth-order valence-electron chi connectivity index (χ4n) is 2.58. The fourth-order valence-corrected chi connectivity index (χ4v) is 2.58. The van der Waals surface area contributed by atoms with Crippen molar-refractivity contribution in [2.24, 2.45) is 0 Å². The molecule has 3 heteroatoms. The summed E-state index contributed by atoms with van der Waals surface area (Å²) in [5.74, 6) is -0.331. The molecule has 0 aliphatic rings. The molecule has 0 saturated carbocycles. The van der Waals surface area contributed by atoms with Gasteiger partial charge in [-0.2, -0.15) is 0 Å². The van der Waals surface area contributed by atoms with E-state index in [-0.39, 0.29) is 5.91 Å². The van der Waals surface area contributed by atoms with Crippen molar-refractivity contribution >= 4 is 5.91 Å². The van der Waals surface area contributed by atoms with Crippen molar-refractivity contribution in [1.29, 1.82) is 0 Å². The lowest BCUT2D eigenvalue weighted by molar-refractivity contribution is -0.0578. The molecule has 1 N–H and O–H groups in total. The Bertz CT molecular complexity index is 593. The van der Waals surface area contributed by atoms with E-state index in [1.54, 1.807) is 12.1 Å². The van der Waals surface area contributed by atoms with Crippen molar-refractivity contribution in [2.75, 3.05) is 6.54 Å². The number of carbonyl (C=O) groups is 1. The maximum atomic E-state index is 11.9. The van der Waals surface area contributed by atoms with E-state index in [2.05, 4.69) is 24.3 Å². The van der Waals surface area contributed by atoms with Gasteiger partial charge in [0.15, 0.2) is 0 Å². The van der Waals surface area contributed by atoms with Gasteiger partial charge in [-0.25, -0.2) is 5.06 Å². The van der Waals surface area contributed by atoms with Gasteiger partial charge in [-0.1, -0.05) is 49.4 Å². The highest BCUT2D eigenvalue weighted by molar-refractivity contribution is 5.93. The third-order valence-corrected chi connectivity index (χ3v) is 3.89. The highest BCUT2D eigenvalue weighted by Gasteiger charge is 2.12. The van der Waals surface area contributed by atoms with Crippen LogP contribution in [-0.2, 0) is 12.8 Å². The molecule has 0 radical (unpaired) electrons. The summed E-state index contributed by atoms with van der Waals surface area (Å²) in [7, 11) is 0. The number of hydroxylamine groups is 2. The molecule has 0 saturated heterocycles. The van der Waals surface area contributed by atoms with Crippen molar-refractivity contribution in [3.8, 4) is 0 Å². The Hall–Kier alpha value is -2.13. The number of hydrogen-bond donors (Lipinski definition) is 1. The number of benzene rings is 2. The second-order valence-electron chi connectivity index (χ2n) is 5.82. The van der Waals surface area contributed by atoms with E-state index in [0.717, 1.165) is 37.2 Å². The lowest BCUT2D eigenvalue weighted by atomic mass is 10.0. The van der Waals surface area contributed by atoms with E-state index >= 15 is 0 Å². The molecule has 2 aromatic carbocycles. The van der Waals surface area contributed by atoms with E-state index < -0.39 is 0 Å². The molecular formula is C20H25NO2. The van der Waals surface area contributed by atoms with Gasteiger partial charge in [-0.15, -0.1) is 0 Å². The van der Waals surface area contributed by atoms with Crippen LogP contribution in [0.2, 0.25) is 0 Å². The summed E-state index contributed by atoms with van der Waals surface area (Å²) in [5.41, 5.74) is 3.15. The second-order valence-corrected chi connectivity index (χ2v) is 5.82. The number of carbonyl (C=O) groups excluding carboxylic acids is 1. The first-order valence-corrected chi connectivity index (χ1v) is 8.34. The maximum absolute atomic E-state index is 11.9. The number of unbranched alkanes of at least 4 members (excludes halogenated alkanes) is 1. The standard InChI is InChI=1S/C20H25NO2/c1-2-16-21(23)20(22)19-14-12-18(13-15-19)11-7-6-10-17-8-4-3-5-9-17/h3-5,8-9,12-15,23H,2,6-7,10-11,16H2,1H3. The van der Waals surface area contributed by atoms with Crippen LogP contribution >= 0.6 is 0 Å². The quantitative estimate of drug-likeness (QED) is 0.443. The molecule has 0 heterocycles. The Kier molecular flexibility index (Phi) is 6.82. The van der Waals surface area contributed by atoms with Crippen molar-refractivity contribution in [3.63, 3.8) is 0 Å². The van der Waals surface area contributed by atoms with Crippen molar-refractivity contribution in [1.82, 2.24) is 5.06 Å². The van der Waals surface area contributed by atoms with Crippen molar-refractivity contribution in [3.05, 3.63) is 71.3 Å². The molecule has 0 aliphatic carbocycles. The summed E-state index contributed by atoms with van der Waals surface area (Å²) in [6.07, 6.45) is 5.14. The van der Waals surface area contributed by atoms with Crippen LogP contribution < -0.4 is 0 Å². The number of hydrogen-bond acceptors (Lipinski definition) is 2. The third kappa shape index (κ3) is 5.53. The number of aryl methyl sites for hydroxylation is 2. The summed E-state index contributed by atoms with van der Waals surface area (Å²) in [6, 6.07) is 18.1. The van der Waals surface area contributed by atoms with Gasteiger partial charge < -0.3 is 0 Å². The molecular weight excluding hydrogens is 286 g/mol. The first-order chi connectivity index (χ1) is 11.2. The molecule has 2 rings (SSSR count). The van der Waals surface area contributed by atoms with Gasteiger partial charge in [0.2, 0.25) is 0 Å². The van der Waals surface area contributed by atoms with E-state index in [1.165, 1.54) is 11.1 Å². The Morgan fingerprint density at radius 3 is 2.04 bits per heavy atom. The molecule has 0 bridgehead atoms. The van der Waals surface area contributed by atoms with Gasteiger partial charge in [0, 0.05) is 12.1 Å². The summed E-state index contributed by atoms with van der Waals surface area (Å²) >= 11 is 0. The van der Waals surface area contributed by atoms with Crippen LogP contribution in [0.4, 0.5) is 0 Å². The van der Waals surface area contributed by atoms with Crippen LogP contribution in [0.5, 0.6) is 0 Å². The molecule has 23 heavy (non-hydrogen) atoms. The van der Waals surface area contributed by atoms with Crippen LogP contribution in [0.15, 0.2) is 54.6 Å². The smallest absolute Gasteiger partial charge is 0.277 e. The lowest BCUT2D eigenvalue weighted by Gasteiger charge is -2.13. The van der Waals surface area contributed by atoms with E-state index in [9.17, 15) is 10.0 Å². The summed E-state index contributed by atoms with van der Waals surface area (Å²) in [5, 5.41) is 10.4. The monoisotopic (exact) mass is 311 g/mol. The predicted octanol–water partition coefficient (Wildman–Crippen LogP) is 4.49. The summed E-state index contributed by atoms with van der Waals surface area (Å²) < 4.78 is 0. The number of amides is 1. The van der Waals surface area contributed by atoms with Crippen LogP contribution in [0.25, 0.3) is 0 Å². The molecule has 2 aromatic rings. The van der Waals surface area contributed by atoms with Crippen molar-refractivity contribution in [2.45, 2.75) is 39.0 Å². The molecule has 0 spiro atoms. The minimum atomic E-state index is -0.331. The predicted molar refractivity (Wildman–Crippen MR) is 92.6 cm³/mol. The topological polar surface area (TPSA) is 40.5 Å². The first kappa shape index (κ1) is 17.2. The highest BCUT2D eigenvalue weighted by Crippen LogP contribution is 2.12. The van der Waals surface area contributed by atoms with E-state index in [4.69, 9.17) is 0 Å². The number of rotatable bonds is 8. The largest absolute Gasteiger partial charge is 0.286 e. The van der Waals surface area contributed by atoms with E-state index in [0.29, 0.717) is 12.1 Å². The third-order valence-electron chi connectivity index (χ3n) is 3.89. The second kappa shape index (κ2) is 9.11. The zero-order valence-corrected chi connectivity index (χ0v) is 13.7. The fraction of sp³-hybridized carbons (Fsp3) is 0.350. The van der Waals surface area contributed by atoms with Gasteiger partial charge >= 0.3 is 0 Å². The Balaban J connectivity index is 1.77. The van der Waals surface area contributed by atoms with Gasteiger partial charge in [0.05, 0.1) is 0 Å². The zero-order chi connectivity index (χ0) is 16.5. The van der Waals surface area contributed by atoms with Crippen LogP contribution in [0, 0.1) is 0 Å². The molecule has 3 nitrogen and oxygen atoms in total. The summed E-state index contributed by atoms with van der Waals surface area (Å²) in [4.78, 5) is 11.9. The lowest BCUT2D eigenvalue weighted by Crippen LogP contribution is -2.28. The van der Waals surface area contributed by atoms with Gasteiger partial charge in [-0.05, 0) is 55.4 Å². The van der Waals surface area contributed by atoms with Crippen LogP contribution in [0.3, 0.4) is 0 Å². The molecule has 0 atom stereocenters. The van der Waals surface area contributed by atoms with Gasteiger partial charge in [0.1, 0.15) is 0 Å². The van der Waals surface area contributed by atoms with Crippen molar-refractivity contribution < 1.29 is 10.0 Å². The molecule has 0 aromatic heterocycles. The minimum absolute atomic E-state index is 0.331. The molecule has 1 amide bonds. The number of nitrogens with zero attached hydrogens (tertiary/aromatic N) is 1. The molecule has 0 unspecified atom stereocenters. The zero-order valence-electron chi connectivity index (χ0n) is 13.7.